The predicted molar refractivity (Wildman–Crippen MR) is 90.4 cm³/mol. The number of carbonyl (C=O) groups excluding carboxylic acids is 1. The Morgan fingerprint density at radius 1 is 1.41 bits per heavy atom. The maximum atomic E-state index is 12.7. The number of carbonyl (C=O) groups is 1. The van der Waals surface area contributed by atoms with Gasteiger partial charge in [-0.3, -0.25) is 0 Å². The van der Waals surface area contributed by atoms with Crippen LogP contribution in [0.3, 0.4) is 0 Å². The van der Waals surface area contributed by atoms with E-state index in [1.54, 1.807) is 18.0 Å². The topological polar surface area (TPSA) is 48.5 Å². The van der Waals surface area contributed by atoms with E-state index in [-0.39, 0.29) is 6.03 Å². The van der Waals surface area contributed by atoms with E-state index in [1.807, 2.05) is 18.4 Å². The van der Waals surface area contributed by atoms with Crippen LogP contribution in [0.15, 0.2) is 23.4 Å². The highest BCUT2D eigenvalue weighted by atomic mass is 32.2. The summed E-state index contributed by atoms with van der Waals surface area (Å²) < 4.78 is 0. The van der Waals surface area contributed by atoms with Gasteiger partial charge >= 0.3 is 6.03 Å². The zero-order valence-electron chi connectivity index (χ0n) is 13.3. The fourth-order valence-corrected chi connectivity index (χ4v) is 4.04. The number of pyridine rings is 1. The predicted octanol–water partition coefficient (Wildman–Crippen LogP) is 2.75. The molecule has 3 rings (SSSR count). The number of hydrogen-bond donors (Lipinski definition) is 1. The van der Waals surface area contributed by atoms with E-state index >= 15 is 0 Å². The summed E-state index contributed by atoms with van der Waals surface area (Å²) in [6, 6.07) is 4.22. The molecule has 0 unspecified atom stereocenters. The van der Waals surface area contributed by atoms with Gasteiger partial charge in [0.15, 0.2) is 0 Å². The lowest BCUT2D eigenvalue weighted by Gasteiger charge is -2.46. The van der Waals surface area contributed by atoms with Crippen LogP contribution in [-0.4, -0.2) is 59.8 Å². The average molecular weight is 320 g/mol. The zero-order valence-corrected chi connectivity index (χ0v) is 14.1. The SMILES string of the molecule is CSc1cc(NC(=O)N2CCC[C@@H]3CN(C)CC[C@@H]32)ccn1. The van der Waals surface area contributed by atoms with Crippen molar-refractivity contribution < 1.29 is 4.79 Å². The third kappa shape index (κ3) is 3.38. The molecule has 6 heteroatoms. The molecule has 0 spiro atoms. The Balaban J connectivity index is 1.68. The fraction of sp³-hybridized carbons (Fsp3) is 0.625. The van der Waals surface area contributed by atoms with E-state index in [9.17, 15) is 4.79 Å². The first kappa shape index (κ1) is 15.6. The summed E-state index contributed by atoms with van der Waals surface area (Å²) in [7, 11) is 2.18. The molecule has 0 aliphatic carbocycles. The number of hydrogen-bond acceptors (Lipinski definition) is 4. The van der Waals surface area contributed by atoms with E-state index in [4.69, 9.17) is 0 Å². The quantitative estimate of drug-likeness (QED) is 0.851. The van der Waals surface area contributed by atoms with Crippen molar-refractivity contribution in [2.45, 2.75) is 30.3 Å². The minimum absolute atomic E-state index is 0.0394. The number of aromatic nitrogens is 1. The molecule has 3 heterocycles. The molecule has 0 radical (unpaired) electrons. The van der Waals surface area contributed by atoms with Crippen molar-refractivity contribution in [3.8, 4) is 0 Å². The minimum atomic E-state index is 0.0394. The normalized spacial score (nSPS) is 25.6. The molecule has 0 bridgehead atoms. The molecule has 2 atom stereocenters. The van der Waals surface area contributed by atoms with Gasteiger partial charge in [-0.25, -0.2) is 9.78 Å². The van der Waals surface area contributed by atoms with Gasteiger partial charge in [0, 0.05) is 31.0 Å². The van der Waals surface area contributed by atoms with Gasteiger partial charge in [-0.2, -0.15) is 0 Å². The van der Waals surface area contributed by atoms with Gasteiger partial charge in [0.25, 0.3) is 0 Å². The van der Waals surface area contributed by atoms with E-state index in [0.29, 0.717) is 12.0 Å². The van der Waals surface area contributed by atoms with Gasteiger partial charge in [-0.15, -0.1) is 11.8 Å². The van der Waals surface area contributed by atoms with Crippen molar-refractivity contribution in [2.75, 3.05) is 38.3 Å². The number of anilines is 1. The zero-order chi connectivity index (χ0) is 15.5. The number of likely N-dealkylation sites (tertiary alicyclic amines) is 2. The maximum Gasteiger partial charge on any atom is 0.322 e. The highest BCUT2D eigenvalue weighted by molar-refractivity contribution is 7.98. The van der Waals surface area contributed by atoms with Crippen LogP contribution in [0.4, 0.5) is 10.5 Å². The number of piperidine rings is 2. The van der Waals surface area contributed by atoms with Gasteiger partial charge in [-0.1, -0.05) is 0 Å². The Hall–Kier alpha value is -1.27. The van der Waals surface area contributed by atoms with Crippen LogP contribution in [0.25, 0.3) is 0 Å². The number of nitrogens with zero attached hydrogens (tertiary/aromatic N) is 3. The summed E-state index contributed by atoms with van der Waals surface area (Å²) >= 11 is 1.58. The smallest absolute Gasteiger partial charge is 0.321 e. The number of fused-ring (bicyclic) bond motifs is 1. The summed E-state index contributed by atoms with van der Waals surface area (Å²) in [4.78, 5) is 21.4. The van der Waals surface area contributed by atoms with Crippen LogP contribution in [0.2, 0.25) is 0 Å². The molecule has 2 aliphatic heterocycles. The lowest BCUT2D eigenvalue weighted by molar-refractivity contribution is 0.0579. The molecule has 0 saturated carbocycles. The van der Waals surface area contributed by atoms with Gasteiger partial charge in [0.2, 0.25) is 0 Å². The summed E-state index contributed by atoms with van der Waals surface area (Å²) in [5.74, 6) is 0.623. The fourth-order valence-electron chi connectivity index (χ4n) is 3.63. The molecule has 2 aliphatic rings. The van der Waals surface area contributed by atoms with E-state index < -0.39 is 0 Å². The second-order valence-corrected chi connectivity index (χ2v) is 7.06. The molecular weight excluding hydrogens is 296 g/mol. The Kier molecular flexibility index (Phi) is 4.88. The van der Waals surface area contributed by atoms with Gasteiger partial charge in [0.1, 0.15) is 0 Å². The first-order valence-electron chi connectivity index (χ1n) is 7.93. The highest BCUT2D eigenvalue weighted by Gasteiger charge is 2.37. The standard InChI is InChI=1S/C16H24N4OS/c1-19-9-6-14-12(11-19)4-3-8-20(14)16(21)18-13-5-7-17-15(10-13)22-2/h5,7,10,12,14H,3-4,6,8-9,11H2,1-2H3,(H,17,18,21)/t12-,14+/m1/s1. The average Bonchev–Trinajstić information content (AvgIpc) is 2.54. The molecule has 1 N–H and O–H groups in total. The summed E-state index contributed by atoms with van der Waals surface area (Å²) in [6.07, 6.45) is 7.16. The monoisotopic (exact) mass is 320 g/mol. The minimum Gasteiger partial charge on any atom is -0.321 e. The molecule has 0 aromatic carbocycles. The molecule has 1 aromatic rings. The Bertz CT molecular complexity index is 539. The summed E-state index contributed by atoms with van der Waals surface area (Å²) in [6.45, 7) is 3.06. The van der Waals surface area contributed by atoms with Crippen LogP contribution in [-0.2, 0) is 0 Å². The third-order valence-corrected chi connectivity index (χ3v) is 5.37. The van der Waals surface area contributed by atoms with Crippen LogP contribution < -0.4 is 5.32 Å². The van der Waals surface area contributed by atoms with E-state index in [0.717, 1.165) is 43.2 Å². The molecule has 22 heavy (non-hydrogen) atoms. The Labute approximate surface area is 136 Å². The molecular formula is C16H24N4OS. The van der Waals surface area contributed by atoms with Crippen LogP contribution in [0, 0.1) is 5.92 Å². The molecule has 1 aromatic heterocycles. The lowest BCUT2D eigenvalue weighted by Crippen LogP contribution is -2.56. The van der Waals surface area contributed by atoms with E-state index in [1.165, 1.54) is 6.42 Å². The number of amides is 2. The number of rotatable bonds is 2. The van der Waals surface area contributed by atoms with Crippen molar-refractivity contribution in [2.24, 2.45) is 5.92 Å². The first-order chi connectivity index (χ1) is 10.7. The number of urea groups is 1. The third-order valence-electron chi connectivity index (χ3n) is 4.73. The molecule has 2 amide bonds. The molecule has 120 valence electrons. The van der Waals surface area contributed by atoms with Crippen molar-refractivity contribution in [3.05, 3.63) is 18.3 Å². The second kappa shape index (κ2) is 6.87. The van der Waals surface area contributed by atoms with E-state index in [2.05, 4.69) is 27.1 Å². The van der Waals surface area contributed by atoms with Crippen molar-refractivity contribution in [3.63, 3.8) is 0 Å². The molecule has 2 saturated heterocycles. The van der Waals surface area contributed by atoms with Crippen LogP contribution in [0.5, 0.6) is 0 Å². The highest BCUT2D eigenvalue weighted by Crippen LogP contribution is 2.30. The van der Waals surface area contributed by atoms with Crippen molar-refractivity contribution >= 4 is 23.5 Å². The summed E-state index contributed by atoms with van der Waals surface area (Å²) in [5.41, 5.74) is 0.833. The lowest BCUT2D eigenvalue weighted by atomic mass is 9.84. The Morgan fingerprint density at radius 2 is 2.27 bits per heavy atom. The van der Waals surface area contributed by atoms with Crippen molar-refractivity contribution in [1.82, 2.24) is 14.8 Å². The first-order valence-corrected chi connectivity index (χ1v) is 9.16. The van der Waals surface area contributed by atoms with Crippen LogP contribution >= 0.6 is 11.8 Å². The second-order valence-electron chi connectivity index (χ2n) is 6.23. The number of nitrogens with one attached hydrogen (secondary N) is 1. The summed E-state index contributed by atoms with van der Waals surface area (Å²) in [5, 5.41) is 3.98. The van der Waals surface area contributed by atoms with Gasteiger partial charge in [0.05, 0.1) is 5.03 Å². The largest absolute Gasteiger partial charge is 0.322 e. The molecule has 5 nitrogen and oxygen atoms in total. The van der Waals surface area contributed by atoms with Gasteiger partial charge in [-0.05, 0) is 57.2 Å². The van der Waals surface area contributed by atoms with Crippen molar-refractivity contribution in [1.29, 1.82) is 0 Å². The molecule has 2 fully saturated rings. The van der Waals surface area contributed by atoms with Gasteiger partial charge < -0.3 is 15.1 Å². The number of thioether (sulfide) groups is 1. The maximum absolute atomic E-state index is 12.7. The Morgan fingerprint density at radius 3 is 3.09 bits per heavy atom. The van der Waals surface area contributed by atoms with Crippen LogP contribution in [0.1, 0.15) is 19.3 Å².